The Labute approximate surface area is 141 Å². The average Bonchev–Trinajstić information content (AvgIpc) is 2.53. The number of esters is 2. The van der Waals surface area contributed by atoms with Gasteiger partial charge in [-0.05, 0) is 57.4 Å². The SMILES string of the molecule is CCOC(=O)C(CCCCOc1ccc(Cl)cc1)C(=O)OCC. The molecule has 23 heavy (non-hydrogen) atoms. The summed E-state index contributed by atoms with van der Waals surface area (Å²) in [5.74, 6) is -1.17. The van der Waals surface area contributed by atoms with E-state index < -0.39 is 17.9 Å². The van der Waals surface area contributed by atoms with Crippen LogP contribution in [0.4, 0.5) is 0 Å². The molecule has 0 aromatic heterocycles. The summed E-state index contributed by atoms with van der Waals surface area (Å²) in [6.07, 6.45) is 1.77. The van der Waals surface area contributed by atoms with Crippen molar-refractivity contribution < 1.29 is 23.8 Å². The van der Waals surface area contributed by atoms with Gasteiger partial charge >= 0.3 is 11.9 Å². The Kier molecular flexibility index (Phi) is 9.14. The van der Waals surface area contributed by atoms with E-state index in [1.165, 1.54) is 0 Å². The first-order chi connectivity index (χ1) is 11.1. The molecule has 0 aliphatic carbocycles. The third-order valence-corrected chi connectivity index (χ3v) is 3.36. The van der Waals surface area contributed by atoms with Gasteiger partial charge < -0.3 is 14.2 Å². The first kappa shape index (κ1) is 19.3. The lowest BCUT2D eigenvalue weighted by atomic mass is 10.0. The quantitative estimate of drug-likeness (QED) is 0.369. The molecule has 0 heterocycles. The molecule has 128 valence electrons. The zero-order chi connectivity index (χ0) is 17.1. The number of carbonyl (C=O) groups excluding carboxylic acids is 2. The van der Waals surface area contributed by atoms with Gasteiger partial charge in [-0.3, -0.25) is 9.59 Å². The second-order valence-electron chi connectivity index (χ2n) is 4.85. The normalized spacial score (nSPS) is 10.4. The van der Waals surface area contributed by atoms with Gasteiger partial charge in [0.2, 0.25) is 0 Å². The van der Waals surface area contributed by atoms with Crippen LogP contribution in [0.2, 0.25) is 5.02 Å². The molecule has 0 saturated heterocycles. The highest BCUT2D eigenvalue weighted by Gasteiger charge is 2.28. The molecule has 0 aliphatic heterocycles. The van der Waals surface area contributed by atoms with Crippen LogP contribution in [0.3, 0.4) is 0 Å². The molecule has 1 aromatic carbocycles. The van der Waals surface area contributed by atoms with Crippen LogP contribution in [-0.2, 0) is 19.1 Å². The summed E-state index contributed by atoms with van der Waals surface area (Å²) >= 11 is 5.80. The summed E-state index contributed by atoms with van der Waals surface area (Å²) in [6.45, 7) is 4.41. The van der Waals surface area contributed by atoms with E-state index in [2.05, 4.69) is 0 Å². The highest BCUT2D eigenvalue weighted by atomic mass is 35.5. The van der Waals surface area contributed by atoms with Crippen molar-refractivity contribution in [3.8, 4) is 5.75 Å². The van der Waals surface area contributed by atoms with Crippen molar-refractivity contribution >= 4 is 23.5 Å². The van der Waals surface area contributed by atoms with Gasteiger partial charge in [0.1, 0.15) is 5.75 Å². The van der Waals surface area contributed by atoms with Crippen LogP contribution in [0.15, 0.2) is 24.3 Å². The Morgan fingerprint density at radius 2 is 1.57 bits per heavy atom. The number of rotatable bonds is 10. The Balaban J connectivity index is 2.35. The summed E-state index contributed by atoms with van der Waals surface area (Å²) in [6, 6.07) is 7.10. The predicted octanol–water partition coefficient (Wildman–Crippen LogP) is 3.63. The zero-order valence-corrected chi connectivity index (χ0v) is 14.3. The number of carbonyl (C=O) groups is 2. The summed E-state index contributed by atoms with van der Waals surface area (Å²) in [5, 5.41) is 0.657. The van der Waals surface area contributed by atoms with Crippen molar-refractivity contribution in [3.05, 3.63) is 29.3 Å². The molecular weight excluding hydrogens is 320 g/mol. The molecule has 6 heteroatoms. The highest BCUT2D eigenvalue weighted by Crippen LogP contribution is 2.17. The van der Waals surface area contributed by atoms with Crippen LogP contribution in [0.25, 0.3) is 0 Å². The van der Waals surface area contributed by atoms with E-state index in [4.69, 9.17) is 25.8 Å². The van der Waals surface area contributed by atoms with Crippen LogP contribution in [0, 0.1) is 5.92 Å². The average molecular weight is 343 g/mol. The molecule has 0 amide bonds. The summed E-state index contributed by atoms with van der Waals surface area (Å²) in [4.78, 5) is 23.6. The molecule has 1 aromatic rings. The fraction of sp³-hybridized carbons (Fsp3) is 0.529. The summed E-state index contributed by atoms with van der Waals surface area (Å²) in [5.41, 5.74) is 0. The van der Waals surface area contributed by atoms with E-state index >= 15 is 0 Å². The minimum Gasteiger partial charge on any atom is -0.494 e. The maximum Gasteiger partial charge on any atom is 0.320 e. The molecule has 0 N–H and O–H groups in total. The molecule has 1 rings (SSSR count). The Morgan fingerprint density at radius 1 is 1.00 bits per heavy atom. The standard InChI is InChI=1S/C17H23ClO5/c1-3-21-16(19)15(17(20)22-4-2)7-5-6-12-23-14-10-8-13(18)9-11-14/h8-11,15H,3-7,12H2,1-2H3. The van der Waals surface area contributed by atoms with Gasteiger partial charge in [0.25, 0.3) is 0 Å². The van der Waals surface area contributed by atoms with Gasteiger partial charge in [0, 0.05) is 5.02 Å². The van der Waals surface area contributed by atoms with Gasteiger partial charge in [-0.25, -0.2) is 0 Å². The fourth-order valence-corrected chi connectivity index (χ4v) is 2.11. The zero-order valence-electron chi connectivity index (χ0n) is 13.5. The number of halogens is 1. The third-order valence-electron chi connectivity index (χ3n) is 3.11. The van der Waals surface area contributed by atoms with Gasteiger partial charge in [-0.2, -0.15) is 0 Å². The number of hydrogen-bond acceptors (Lipinski definition) is 5. The molecule has 0 aliphatic rings. The van der Waals surface area contributed by atoms with Crippen LogP contribution in [0.5, 0.6) is 5.75 Å². The van der Waals surface area contributed by atoms with Gasteiger partial charge in [0.05, 0.1) is 19.8 Å². The first-order valence-corrected chi connectivity index (χ1v) is 8.17. The number of hydrogen-bond donors (Lipinski definition) is 0. The Morgan fingerprint density at radius 3 is 2.09 bits per heavy atom. The first-order valence-electron chi connectivity index (χ1n) is 7.80. The van der Waals surface area contributed by atoms with Crippen molar-refractivity contribution in [2.75, 3.05) is 19.8 Å². The van der Waals surface area contributed by atoms with E-state index in [-0.39, 0.29) is 13.2 Å². The molecule has 0 atom stereocenters. The summed E-state index contributed by atoms with van der Waals surface area (Å²) < 4.78 is 15.4. The summed E-state index contributed by atoms with van der Waals surface area (Å²) in [7, 11) is 0. The Bertz CT molecular complexity index is 468. The maximum absolute atomic E-state index is 11.8. The van der Waals surface area contributed by atoms with E-state index in [9.17, 15) is 9.59 Å². The maximum atomic E-state index is 11.8. The lowest BCUT2D eigenvalue weighted by molar-refractivity contribution is -0.162. The van der Waals surface area contributed by atoms with Crippen molar-refractivity contribution in [3.63, 3.8) is 0 Å². The smallest absolute Gasteiger partial charge is 0.320 e. The van der Waals surface area contributed by atoms with Crippen molar-refractivity contribution in [2.45, 2.75) is 33.1 Å². The van der Waals surface area contributed by atoms with Crippen LogP contribution in [-0.4, -0.2) is 31.8 Å². The van der Waals surface area contributed by atoms with Crippen molar-refractivity contribution in [1.29, 1.82) is 0 Å². The molecular formula is C17H23ClO5. The highest BCUT2D eigenvalue weighted by molar-refractivity contribution is 6.30. The fourth-order valence-electron chi connectivity index (χ4n) is 1.99. The molecule has 5 nitrogen and oxygen atoms in total. The van der Waals surface area contributed by atoms with Crippen LogP contribution in [0.1, 0.15) is 33.1 Å². The topological polar surface area (TPSA) is 61.8 Å². The minimum absolute atomic E-state index is 0.244. The molecule has 0 radical (unpaired) electrons. The minimum atomic E-state index is -0.856. The lowest BCUT2D eigenvalue weighted by Gasteiger charge is -2.14. The third kappa shape index (κ3) is 7.37. The van der Waals surface area contributed by atoms with Crippen LogP contribution < -0.4 is 4.74 Å². The van der Waals surface area contributed by atoms with E-state index in [0.717, 1.165) is 12.2 Å². The van der Waals surface area contributed by atoms with E-state index in [1.807, 2.05) is 0 Å². The van der Waals surface area contributed by atoms with Gasteiger partial charge in [0.15, 0.2) is 5.92 Å². The van der Waals surface area contributed by atoms with E-state index in [0.29, 0.717) is 24.5 Å². The van der Waals surface area contributed by atoms with Crippen LogP contribution >= 0.6 is 11.6 Å². The van der Waals surface area contributed by atoms with Gasteiger partial charge in [-0.1, -0.05) is 11.6 Å². The Hall–Kier alpha value is -1.75. The molecule has 0 spiro atoms. The van der Waals surface area contributed by atoms with E-state index in [1.54, 1.807) is 38.1 Å². The molecule has 0 bridgehead atoms. The second kappa shape index (κ2) is 10.9. The number of ether oxygens (including phenoxy) is 3. The molecule has 0 saturated carbocycles. The van der Waals surface area contributed by atoms with Crippen molar-refractivity contribution in [2.24, 2.45) is 5.92 Å². The predicted molar refractivity (Wildman–Crippen MR) is 87.6 cm³/mol. The number of benzene rings is 1. The molecule has 0 unspecified atom stereocenters. The van der Waals surface area contributed by atoms with Crippen molar-refractivity contribution in [1.82, 2.24) is 0 Å². The monoisotopic (exact) mass is 342 g/mol. The molecule has 0 fully saturated rings. The second-order valence-corrected chi connectivity index (χ2v) is 5.29. The van der Waals surface area contributed by atoms with Gasteiger partial charge in [-0.15, -0.1) is 0 Å². The largest absolute Gasteiger partial charge is 0.494 e. The number of unbranched alkanes of at least 4 members (excludes halogenated alkanes) is 1. The lowest BCUT2D eigenvalue weighted by Crippen LogP contribution is -2.28.